The lowest BCUT2D eigenvalue weighted by atomic mass is 10.2. The van der Waals surface area contributed by atoms with Gasteiger partial charge in [0.25, 0.3) is 11.6 Å². The van der Waals surface area contributed by atoms with Crippen molar-refractivity contribution in [1.82, 2.24) is 0 Å². The Morgan fingerprint density at radius 2 is 1.93 bits per heavy atom. The second kappa shape index (κ2) is 8.21. The number of nitro groups is 1. The van der Waals surface area contributed by atoms with E-state index >= 15 is 0 Å². The SMILES string of the molecule is Cc1cc([N+](=O)[O-])ccc1NC(=O)c1ccc(COc2ccc(I)cc2)o1. The molecular formula is C19H15IN2O5. The van der Waals surface area contributed by atoms with E-state index in [2.05, 4.69) is 27.9 Å². The van der Waals surface area contributed by atoms with Crippen LogP contribution in [0.3, 0.4) is 0 Å². The summed E-state index contributed by atoms with van der Waals surface area (Å²) in [5.74, 6) is 0.917. The number of hydrogen-bond donors (Lipinski definition) is 1. The number of carbonyl (C=O) groups is 1. The number of carbonyl (C=O) groups excluding carboxylic acids is 1. The van der Waals surface area contributed by atoms with E-state index in [9.17, 15) is 14.9 Å². The maximum Gasteiger partial charge on any atom is 0.291 e. The first kappa shape index (κ1) is 18.9. The van der Waals surface area contributed by atoms with Gasteiger partial charge in [0.15, 0.2) is 5.76 Å². The van der Waals surface area contributed by atoms with Gasteiger partial charge in [0.1, 0.15) is 18.1 Å². The fourth-order valence-electron chi connectivity index (χ4n) is 2.35. The fourth-order valence-corrected chi connectivity index (χ4v) is 2.71. The monoisotopic (exact) mass is 478 g/mol. The molecule has 1 heterocycles. The van der Waals surface area contributed by atoms with Crippen molar-refractivity contribution in [2.75, 3.05) is 5.32 Å². The smallest absolute Gasteiger partial charge is 0.291 e. The molecule has 0 aliphatic rings. The van der Waals surface area contributed by atoms with Gasteiger partial charge in [-0.3, -0.25) is 14.9 Å². The highest BCUT2D eigenvalue weighted by Crippen LogP contribution is 2.22. The highest BCUT2D eigenvalue weighted by molar-refractivity contribution is 14.1. The Labute approximate surface area is 168 Å². The average Bonchev–Trinajstić information content (AvgIpc) is 3.12. The number of anilines is 1. The summed E-state index contributed by atoms with van der Waals surface area (Å²) in [5.41, 5.74) is 1.04. The van der Waals surface area contributed by atoms with Crippen LogP contribution in [0.2, 0.25) is 0 Å². The van der Waals surface area contributed by atoms with Gasteiger partial charge in [-0.2, -0.15) is 0 Å². The van der Waals surface area contributed by atoms with Gasteiger partial charge in [-0.15, -0.1) is 0 Å². The summed E-state index contributed by atoms with van der Waals surface area (Å²) in [6, 6.07) is 15.0. The summed E-state index contributed by atoms with van der Waals surface area (Å²) in [7, 11) is 0. The van der Waals surface area contributed by atoms with Gasteiger partial charge in [0.2, 0.25) is 0 Å². The van der Waals surface area contributed by atoms with Crippen LogP contribution in [0.25, 0.3) is 0 Å². The van der Waals surface area contributed by atoms with Gasteiger partial charge in [-0.25, -0.2) is 0 Å². The van der Waals surface area contributed by atoms with Crippen molar-refractivity contribution in [2.24, 2.45) is 0 Å². The number of hydrogen-bond acceptors (Lipinski definition) is 5. The van der Waals surface area contributed by atoms with Crippen molar-refractivity contribution < 1.29 is 18.9 Å². The molecular weight excluding hydrogens is 463 g/mol. The van der Waals surface area contributed by atoms with Crippen molar-refractivity contribution in [3.8, 4) is 5.75 Å². The normalized spacial score (nSPS) is 10.4. The largest absolute Gasteiger partial charge is 0.486 e. The number of nitrogens with zero attached hydrogens (tertiary/aromatic N) is 1. The Kier molecular flexibility index (Phi) is 5.75. The molecule has 0 saturated heterocycles. The molecule has 0 saturated carbocycles. The summed E-state index contributed by atoms with van der Waals surface area (Å²) in [6.45, 7) is 1.88. The van der Waals surface area contributed by atoms with Gasteiger partial charge in [0, 0.05) is 21.4 Å². The summed E-state index contributed by atoms with van der Waals surface area (Å²) in [6.07, 6.45) is 0. The number of amides is 1. The number of ether oxygens (including phenoxy) is 1. The average molecular weight is 478 g/mol. The molecule has 0 fully saturated rings. The number of furan rings is 1. The van der Waals surface area contributed by atoms with Crippen LogP contribution < -0.4 is 10.1 Å². The van der Waals surface area contributed by atoms with Crippen molar-refractivity contribution in [3.05, 3.63) is 85.4 Å². The Bertz CT molecular complexity index is 982. The van der Waals surface area contributed by atoms with Crippen LogP contribution in [0.4, 0.5) is 11.4 Å². The molecule has 138 valence electrons. The van der Waals surface area contributed by atoms with Gasteiger partial charge < -0.3 is 14.5 Å². The molecule has 0 aliphatic carbocycles. The van der Waals surface area contributed by atoms with Crippen molar-refractivity contribution in [1.29, 1.82) is 0 Å². The number of benzene rings is 2. The first-order valence-electron chi connectivity index (χ1n) is 7.96. The van der Waals surface area contributed by atoms with Crippen LogP contribution in [0.1, 0.15) is 21.9 Å². The number of nitrogens with one attached hydrogen (secondary N) is 1. The molecule has 0 atom stereocenters. The number of non-ortho nitro benzene ring substituents is 1. The Hall–Kier alpha value is -2.88. The molecule has 3 rings (SSSR count). The number of aryl methyl sites for hydroxylation is 1. The molecule has 0 aliphatic heterocycles. The van der Waals surface area contributed by atoms with Crippen LogP contribution in [-0.2, 0) is 6.61 Å². The van der Waals surface area contributed by atoms with Crippen molar-refractivity contribution in [2.45, 2.75) is 13.5 Å². The first-order chi connectivity index (χ1) is 12.9. The van der Waals surface area contributed by atoms with Crippen molar-refractivity contribution >= 4 is 39.9 Å². The second-order valence-electron chi connectivity index (χ2n) is 5.72. The number of rotatable bonds is 6. The minimum absolute atomic E-state index is 0.0291. The van der Waals surface area contributed by atoms with E-state index in [1.807, 2.05) is 24.3 Å². The Morgan fingerprint density at radius 1 is 1.19 bits per heavy atom. The highest BCUT2D eigenvalue weighted by Gasteiger charge is 2.14. The van der Waals surface area contributed by atoms with Crippen molar-refractivity contribution in [3.63, 3.8) is 0 Å². The van der Waals surface area contributed by atoms with E-state index < -0.39 is 10.8 Å². The number of nitro benzene ring substituents is 1. The lowest BCUT2D eigenvalue weighted by molar-refractivity contribution is -0.384. The third kappa shape index (κ3) is 4.85. The standard InChI is InChI=1S/C19H15IN2O5/c1-12-10-14(22(24)25)4-8-17(12)21-19(23)18-9-7-16(27-18)11-26-15-5-2-13(20)3-6-15/h2-10H,11H2,1H3,(H,21,23). The molecule has 0 bridgehead atoms. The van der Waals surface area contributed by atoms with E-state index in [1.165, 1.54) is 18.2 Å². The predicted molar refractivity (Wildman–Crippen MR) is 108 cm³/mol. The maximum atomic E-state index is 12.3. The van der Waals surface area contributed by atoms with Crippen LogP contribution in [0.5, 0.6) is 5.75 Å². The van der Waals surface area contributed by atoms with Gasteiger partial charge in [-0.1, -0.05) is 0 Å². The van der Waals surface area contributed by atoms with Gasteiger partial charge in [0.05, 0.1) is 4.92 Å². The zero-order chi connectivity index (χ0) is 19.4. The zero-order valence-corrected chi connectivity index (χ0v) is 16.4. The lowest BCUT2D eigenvalue weighted by Crippen LogP contribution is -2.12. The maximum absolute atomic E-state index is 12.3. The lowest BCUT2D eigenvalue weighted by Gasteiger charge is -2.07. The Morgan fingerprint density at radius 3 is 2.59 bits per heavy atom. The topological polar surface area (TPSA) is 94.6 Å². The van der Waals surface area contributed by atoms with E-state index in [0.29, 0.717) is 22.8 Å². The van der Waals surface area contributed by atoms with Gasteiger partial charge in [-0.05, 0) is 77.5 Å². The molecule has 1 N–H and O–H groups in total. The third-order valence-electron chi connectivity index (χ3n) is 3.75. The summed E-state index contributed by atoms with van der Waals surface area (Å²) >= 11 is 2.21. The second-order valence-corrected chi connectivity index (χ2v) is 6.96. The van der Waals surface area contributed by atoms with Crippen LogP contribution in [0.15, 0.2) is 59.0 Å². The predicted octanol–water partition coefficient (Wildman–Crippen LogP) is 4.93. The highest BCUT2D eigenvalue weighted by atomic mass is 127. The van der Waals surface area contributed by atoms with E-state index in [1.54, 1.807) is 19.1 Å². The van der Waals surface area contributed by atoms with E-state index in [0.717, 1.165) is 3.57 Å². The molecule has 7 nitrogen and oxygen atoms in total. The molecule has 0 spiro atoms. The van der Waals surface area contributed by atoms with Crippen LogP contribution in [0, 0.1) is 20.6 Å². The minimum Gasteiger partial charge on any atom is -0.486 e. The summed E-state index contributed by atoms with van der Waals surface area (Å²) < 4.78 is 12.2. The molecule has 1 aromatic heterocycles. The van der Waals surface area contributed by atoms with Gasteiger partial charge >= 0.3 is 0 Å². The van der Waals surface area contributed by atoms with Crippen LogP contribution >= 0.6 is 22.6 Å². The number of halogens is 1. The van der Waals surface area contributed by atoms with E-state index in [4.69, 9.17) is 9.15 Å². The molecule has 3 aromatic rings. The fraction of sp³-hybridized carbons (Fsp3) is 0.105. The van der Waals surface area contributed by atoms with Crippen LogP contribution in [-0.4, -0.2) is 10.8 Å². The molecule has 1 amide bonds. The quantitative estimate of drug-likeness (QED) is 0.308. The molecule has 8 heteroatoms. The third-order valence-corrected chi connectivity index (χ3v) is 4.47. The van der Waals surface area contributed by atoms with E-state index in [-0.39, 0.29) is 18.1 Å². The minimum atomic E-state index is -0.481. The summed E-state index contributed by atoms with van der Waals surface area (Å²) in [5, 5.41) is 13.5. The molecule has 27 heavy (non-hydrogen) atoms. The Balaban J connectivity index is 1.63. The molecule has 0 unspecified atom stereocenters. The molecule has 2 aromatic carbocycles. The zero-order valence-electron chi connectivity index (χ0n) is 14.3. The summed E-state index contributed by atoms with van der Waals surface area (Å²) in [4.78, 5) is 22.6. The first-order valence-corrected chi connectivity index (χ1v) is 9.04. The molecule has 0 radical (unpaired) electrons.